The quantitative estimate of drug-likeness (QED) is 0.469. The molecule has 0 aliphatic carbocycles. The van der Waals surface area contributed by atoms with Gasteiger partial charge in [0.25, 0.3) is 0 Å². The van der Waals surface area contributed by atoms with Crippen LogP contribution in [0.25, 0.3) is 0 Å². The number of ketones is 1. The van der Waals surface area contributed by atoms with Gasteiger partial charge in [0.15, 0.2) is 0 Å². The summed E-state index contributed by atoms with van der Waals surface area (Å²) in [6.07, 6.45) is 0. The van der Waals surface area contributed by atoms with Crippen molar-refractivity contribution >= 4 is 31.2 Å². The predicted octanol–water partition coefficient (Wildman–Crippen LogP) is 0.813. The van der Waals surface area contributed by atoms with Crippen LogP contribution in [-0.2, 0) is 14.3 Å². The molecule has 1 aromatic rings. The third-order valence-corrected chi connectivity index (χ3v) is 5.33. The summed E-state index contributed by atoms with van der Waals surface area (Å²) in [5.41, 5.74) is 0. The van der Waals surface area contributed by atoms with Crippen molar-refractivity contribution in [2.24, 2.45) is 11.8 Å². The van der Waals surface area contributed by atoms with Crippen LogP contribution in [0, 0.1) is 11.8 Å². The van der Waals surface area contributed by atoms with Crippen molar-refractivity contribution in [1.82, 2.24) is 0 Å². The third-order valence-electron chi connectivity index (χ3n) is 2.81. The summed E-state index contributed by atoms with van der Waals surface area (Å²) < 4.78 is 6.27. The minimum absolute atomic E-state index is 0.0682. The fraction of sp³-hybridized carbons (Fsp3) is 0.385. The number of Topliss-reactive ketones (excluding diaryl/α,β-unsaturated/α-hetero) is 1. The third kappa shape index (κ3) is 2.96. The van der Waals surface area contributed by atoms with Crippen LogP contribution in [-0.4, -0.2) is 33.3 Å². The average Bonchev–Trinajstić information content (AvgIpc) is 2.69. The number of cyclic esters (lactones) is 1. The molecule has 1 fully saturated rings. The van der Waals surface area contributed by atoms with Crippen LogP contribution in [0.1, 0.15) is 6.92 Å². The molecule has 90 valence electrons. The Morgan fingerprint density at radius 2 is 2.12 bits per heavy atom. The molecule has 0 saturated carbocycles. The van der Waals surface area contributed by atoms with E-state index in [2.05, 4.69) is 12.1 Å². The van der Waals surface area contributed by atoms with E-state index in [0.717, 1.165) is 5.32 Å². The van der Waals surface area contributed by atoms with Crippen molar-refractivity contribution in [3.05, 3.63) is 30.3 Å². The van der Waals surface area contributed by atoms with E-state index >= 15 is 0 Å². The molecule has 3 nitrogen and oxygen atoms in total. The van der Waals surface area contributed by atoms with Gasteiger partial charge in [-0.2, -0.15) is 0 Å². The van der Waals surface area contributed by atoms with Gasteiger partial charge in [0, 0.05) is 0 Å². The molecular weight excluding hydrogens is 283 g/mol. The van der Waals surface area contributed by atoms with Crippen molar-refractivity contribution < 1.29 is 14.3 Å². The SMILES string of the molecule is CC(=O)[C@@H]1C(=O)OC[C@H]1C[Se]c1ccccc1. The normalized spacial score (nSPS) is 23.5. The first-order chi connectivity index (χ1) is 8.18. The number of benzene rings is 1. The summed E-state index contributed by atoms with van der Waals surface area (Å²) in [7, 11) is 0. The number of rotatable bonds is 4. The van der Waals surface area contributed by atoms with Gasteiger partial charge in [0.2, 0.25) is 0 Å². The Balaban J connectivity index is 1.95. The molecule has 0 spiro atoms. The molecule has 0 radical (unpaired) electrons. The Morgan fingerprint density at radius 1 is 1.41 bits per heavy atom. The molecule has 17 heavy (non-hydrogen) atoms. The molecule has 1 aliphatic rings. The van der Waals surface area contributed by atoms with Crippen LogP contribution < -0.4 is 4.46 Å². The van der Waals surface area contributed by atoms with Crippen LogP contribution >= 0.6 is 0 Å². The van der Waals surface area contributed by atoms with Gasteiger partial charge in [-0.15, -0.1) is 0 Å². The molecule has 1 aromatic carbocycles. The first-order valence-corrected chi connectivity index (χ1v) is 7.60. The van der Waals surface area contributed by atoms with Gasteiger partial charge in [0.1, 0.15) is 0 Å². The monoisotopic (exact) mass is 298 g/mol. The molecule has 1 saturated heterocycles. The number of hydrogen-bond acceptors (Lipinski definition) is 3. The molecular formula is C13H14O3Se. The zero-order valence-electron chi connectivity index (χ0n) is 9.59. The minimum atomic E-state index is -0.527. The zero-order chi connectivity index (χ0) is 12.3. The molecule has 1 aliphatic heterocycles. The molecule has 2 rings (SSSR count). The van der Waals surface area contributed by atoms with Gasteiger partial charge in [-0.3, -0.25) is 0 Å². The van der Waals surface area contributed by atoms with Crippen molar-refractivity contribution in [3.63, 3.8) is 0 Å². The summed E-state index contributed by atoms with van der Waals surface area (Å²) in [5.74, 6) is -0.867. The standard InChI is InChI=1S/C13H14O3Se/c1-9(14)12-10(7-16-13(12)15)8-17-11-5-3-2-4-6-11/h2-6,10,12H,7-8H2,1H3/t10-,12-/m0/s1. The number of hydrogen-bond donors (Lipinski definition) is 0. The molecule has 4 heteroatoms. The maximum absolute atomic E-state index is 11.4. The first-order valence-electron chi connectivity index (χ1n) is 5.53. The number of carbonyl (C=O) groups is 2. The van der Waals surface area contributed by atoms with E-state index in [1.54, 1.807) is 0 Å². The zero-order valence-corrected chi connectivity index (χ0v) is 11.3. The number of ether oxygens (including phenoxy) is 1. The van der Waals surface area contributed by atoms with E-state index in [1.165, 1.54) is 11.4 Å². The second-order valence-corrected chi connectivity index (χ2v) is 6.40. The summed E-state index contributed by atoms with van der Waals surface area (Å²) in [4.78, 5) is 22.8. The Labute approximate surface area is 107 Å². The summed E-state index contributed by atoms with van der Waals surface area (Å²) in [5, 5.41) is 0.882. The van der Waals surface area contributed by atoms with Crippen LogP contribution in [0.15, 0.2) is 30.3 Å². The molecule has 0 unspecified atom stereocenters. The van der Waals surface area contributed by atoms with Crippen LogP contribution in [0.5, 0.6) is 0 Å². The van der Waals surface area contributed by atoms with Crippen LogP contribution in [0.2, 0.25) is 5.32 Å². The fourth-order valence-corrected chi connectivity index (χ4v) is 4.12. The summed E-state index contributed by atoms with van der Waals surface area (Å²) in [6.45, 7) is 1.87. The number of esters is 1. The molecule has 0 N–H and O–H groups in total. The van der Waals surface area contributed by atoms with E-state index in [9.17, 15) is 9.59 Å². The van der Waals surface area contributed by atoms with Crippen molar-refractivity contribution in [2.45, 2.75) is 12.2 Å². The molecule has 2 atom stereocenters. The fourth-order valence-electron chi connectivity index (χ4n) is 1.93. The molecule has 0 aromatic heterocycles. The topological polar surface area (TPSA) is 43.4 Å². The van der Waals surface area contributed by atoms with Crippen molar-refractivity contribution in [3.8, 4) is 0 Å². The van der Waals surface area contributed by atoms with Crippen LogP contribution in [0.4, 0.5) is 0 Å². The maximum atomic E-state index is 11.4. The van der Waals surface area contributed by atoms with Gasteiger partial charge in [-0.1, -0.05) is 0 Å². The van der Waals surface area contributed by atoms with E-state index in [0.29, 0.717) is 21.6 Å². The van der Waals surface area contributed by atoms with Gasteiger partial charge in [-0.05, 0) is 0 Å². The van der Waals surface area contributed by atoms with E-state index in [1.807, 2.05) is 18.2 Å². The van der Waals surface area contributed by atoms with Gasteiger partial charge >= 0.3 is 107 Å². The van der Waals surface area contributed by atoms with E-state index in [-0.39, 0.29) is 17.7 Å². The Morgan fingerprint density at radius 3 is 2.76 bits per heavy atom. The van der Waals surface area contributed by atoms with Gasteiger partial charge in [-0.25, -0.2) is 0 Å². The molecule has 1 heterocycles. The van der Waals surface area contributed by atoms with E-state index in [4.69, 9.17) is 4.74 Å². The Hall–Kier alpha value is -1.12. The van der Waals surface area contributed by atoms with E-state index < -0.39 is 5.92 Å². The van der Waals surface area contributed by atoms with Crippen molar-refractivity contribution in [2.75, 3.05) is 6.61 Å². The van der Waals surface area contributed by atoms with Gasteiger partial charge < -0.3 is 0 Å². The van der Waals surface area contributed by atoms with Crippen LogP contribution in [0.3, 0.4) is 0 Å². The predicted molar refractivity (Wildman–Crippen MR) is 65.3 cm³/mol. The van der Waals surface area contributed by atoms with Gasteiger partial charge in [0.05, 0.1) is 0 Å². The first kappa shape index (κ1) is 12.3. The second-order valence-electron chi connectivity index (χ2n) is 4.10. The summed E-state index contributed by atoms with van der Waals surface area (Å²) >= 11 is 0.299. The molecule has 0 amide bonds. The number of carbonyl (C=O) groups excluding carboxylic acids is 2. The van der Waals surface area contributed by atoms with Crippen molar-refractivity contribution in [1.29, 1.82) is 0 Å². The second kappa shape index (κ2) is 5.48. The molecule has 0 bridgehead atoms. The average molecular weight is 297 g/mol. The Kier molecular flexibility index (Phi) is 3.97. The summed E-state index contributed by atoms with van der Waals surface area (Å²) in [6, 6.07) is 10.2. The Bertz CT molecular complexity index is 416.